The Morgan fingerprint density at radius 2 is 0.672 bits per heavy atom. The highest BCUT2D eigenvalue weighted by atomic mass is 15.4. The van der Waals surface area contributed by atoms with Crippen LogP contribution in [0.4, 0.5) is 0 Å². The van der Waals surface area contributed by atoms with Crippen molar-refractivity contribution in [3.63, 3.8) is 0 Å². The van der Waals surface area contributed by atoms with E-state index in [-0.39, 0.29) is 86.6 Å². The molecule has 128 heavy (non-hydrogen) atoms. The second kappa shape index (κ2) is 41.6. The zero-order valence-corrected chi connectivity index (χ0v) is 88.0. The number of fused-ring (bicyclic) bond motifs is 2. The predicted octanol–water partition coefficient (Wildman–Crippen LogP) is 32.5. The number of aromatic nitrogens is 11. The molecule has 5 aromatic heterocycles. The molecule has 0 saturated heterocycles. The van der Waals surface area contributed by atoms with Crippen molar-refractivity contribution in [2.75, 3.05) is 0 Å². The summed E-state index contributed by atoms with van der Waals surface area (Å²) in [6.07, 6.45) is 31.8. The van der Waals surface area contributed by atoms with Crippen LogP contribution in [0.5, 0.6) is 0 Å². The first-order chi connectivity index (χ1) is 59.0. The van der Waals surface area contributed by atoms with E-state index in [1.165, 1.54) is 76.2 Å². The van der Waals surface area contributed by atoms with E-state index in [0.717, 1.165) is 70.2 Å². The van der Waals surface area contributed by atoms with E-state index in [0.29, 0.717) is 10.8 Å². The molecule has 11 heteroatoms. The first-order valence-corrected chi connectivity index (χ1v) is 48.6. The fraction of sp³-hybridized carbons (Fsp3) is 0.598. The predicted molar refractivity (Wildman–Crippen MR) is 550 cm³/mol. The molecule has 11 aromatic rings. The van der Waals surface area contributed by atoms with Crippen molar-refractivity contribution in [3.05, 3.63) is 260 Å². The molecule has 0 aliphatic rings. The maximum atomic E-state index is 4.57. The average molecular weight is 1740 g/mol. The van der Waals surface area contributed by atoms with Gasteiger partial charge in [-0.15, -0.1) is 5.10 Å². The van der Waals surface area contributed by atoms with Crippen LogP contribution in [0.2, 0.25) is 0 Å². The van der Waals surface area contributed by atoms with Gasteiger partial charge in [-0.1, -0.05) is 419 Å². The molecular weight excluding hydrogens is 1560 g/mol. The number of pyridine rings is 1. The van der Waals surface area contributed by atoms with Gasteiger partial charge in [0.25, 0.3) is 0 Å². The Bertz CT molecular complexity index is 4760. The topological polar surface area (TPSA) is 110 Å². The summed E-state index contributed by atoms with van der Waals surface area (Å²) in [5.41, 5.74) is 12.1. The number of hydrogen-bond donors (Lipinski definition) is 0. The number of aryl methyl sites for hydroxylation is 5. The minimum Gasteiger partial charge on any atom is -0.337 e. The third-order valence-corrected chi connectivity index (χ3v) is 36.7. The van der Waals surface area contributed by atoms with Crippen LogP contribution in [0.15, 0.2) is 232 Å². The lowest BCUT2D eigenvalue weighted by atomic mass is 9.44. The van der Waals surface area contributed by atoms with Gasteiger partial charge in [0.05, 0.1) is 29.9 Å². The molecule has 0 N–H and O–H groups in total. The van der Waals surface area contributed by atoms with Crippen LogP contribution >= 0.6 is 0 Å². The minimum atomic E-state index is 0.0536. The smallest absolute Gasteiger partial charge is 0.137 e. The summed E-state index contributed by atoms with van der Waals surface area (Å²) < 4.78 is 8.39. The lowest BCUT2D eigenvalue weighted by Crippen LogP contribution is -2.54. The molecule has 5 heterocycles. The molecule has 0 spiro atoms. The summed E-state index contributed by atoms with van der Waals surface area (Å²) in [7, 11) is 0. The number of nitrogens with zero attached hydrogens (tertiary/aromatic N) is 11. The number of para-hydroxylation sites is 2. The standard InChI is InChI=1S/C28H40N2.C24H38N2.2C23H37N3.C19H27N/c1-25(2,3)28(8,27(6,7)26(4,5)22-15-10-9-11-16-22)19-14-20-30-21-29-23-17-12-13-18-24(23)30;1-21(2,3)24(8,15-12-17-26-18-16-25-19-26)23(6,7)22(4,5)20-13-10-9-11-14-20;1-20(2,3)23(8,15-12-17-26-18-16-24-25-26)22(6,7)21(4,5)19-13-10-9-11-14-19;1-20(2,3)23(8,15-12-16-26-18-24-17-25-26)22(6,7)21(4,5)19-13-10-9-11-14-19;1-18(2,3)19(4,5)12-8-10-16-14-20-13-15-9-6-7-11-17(15)16/h9-13,15-18,21H,14,19-20H2,1-8H3;9-11,13-14,16,18-19H,12,15,17H2,1-8H3;9-11,13-14,16,18H,12,15,17H2,1-8H3;9-11,13-14,17-18H,12,15-16H2,1-8H3;6-7,9,11,13-14H,8,10,12H2,1-5H3. The van der Waals surface area contributed by atoms with Gasteiger partial charge in [-0.25, -0.2) is 15.0 Å². The molecule has 11 rings (SSSR count). The summed E-state index contributed by atoms with van der Waals surface area (Å²) in [5, 5.41) is 14.9. The van der Waals surface area contributed by atoms with Crippen LogP contribution in [-0.2, 0) is 54.3 Å². The lowest BCUT2D eigenvalue weighted by Gasteiger charge is -2.60. The van der Waals surface area contributed by atoms with Crippen LogP contribution in [0.1, 0.15) is 348 Å². The molecule has 0 saturated carbocycles. The van der Waals surface area contributed by atoms with Crippen molar-refractivity contribution in [1.29, 1.82) is 0 Å². The summed E-state index contributed by atoms with van der Waals surface area (Å²) in [6, 6.07) is 61.0. The van der Waals surface area contributed by atoms with E-state index >= 15 is 0 Å². The number of imidazole rings is 2. The fourth-order valence-corrected chi connectivity index (χ4v) is 21.3. The number of rotatable bonds is 32. The molecule has 4 atom stereocenters. The molecule has 4 unspecified atom stereocenters. The van der Waals surface area contributed by atoms with Crippen molar-refractivity contribution < 1.29 is 0 Å². The third kappa shape index (κ3) is 23.4. The van der Waals surface area contributed by atoms with Gasteiger partial charge >= 0.3 is 0 Å². The lowest BCUT2D eigenvalue weighted by molar-refractivity contribution is -0.0780. The Balaban J connectivity index is 0.000000220. The zero-order chi connectivity index (χ0) is 95.9. The van der Waals surface area contributed by atoms with Crippen LogP contribution in [0.25, 0.3) is 21.8 Å². The van der Waals surface area contributed by atoms with Crippen molar-refractivity contribution in [2.45, 2.75) is 375 Å². The molecule has 0 aliphatic heterocycles. The molecule has 0 fully saturated rings. The highest BCUT2D eigenvalue weighted by Crippen LogP contribution is 2.66. The Kier molecular flexibility index (Phi) is 34.7. The van der Waals surface area contributed by atoms with Gasteiger partial charge in [-0.3, -0.25) is 14.3 Å². The highest BCUT2D eigenvalue weighted by molar-refractivity contribution is 5.84. The number of benzene rings is 6. The number of hydrogen-bond acceptors (Lipinski definition) is 7. The monoisotopic (exact) mass is 1740 g/mol. The molecular formula is C117H179N11. The van der Waals surface area contributed by atoms with Gasteiger partial charge in [0, 0.05) is 62.5 Å². The maximum absolute atomic E-state index is 4.57. The van der Waals surface area contributed by atoms with E-state index in [1.807, 2.05) is 53.1 Å². The zero-order valence-electron chi connectivity index (χ0n) is 88.0. The summed E-state index contributed by atoms with van der Waals surface area (Å²) in [4.78, 5) is 17.2. The van der Waals surface area contributed by atoms with Crippen LogP contribution in [0.3, 0.4) is 0 Å². The van der Waals surface area contributed by atoms with Gasteiger partial charge in [0.15, 0.2) is 0 Å². The van der Waals surface area contributed by atoms with Crippen molar-refractivity contribution in [1.82, 2.24) is 53.8 Å². The summed E-state index contributed by atoms with van der Waals surface area (Å²) in [6.45, 7) is 93.6. The van der Waals surface area contributed by atoms with Gasteiger partial charge < -0.3 is 9.13 Å². The quantitative estimate of drug-likeness (QED) is 0.0413. The largest absolute Gasteiger partial charge is 0.337 e. The molecule has 11 nitrogen and oxygen atoms in total. The Morgan fingerprint density at radius 1 is 0.297 bits per heavy atom. The van der Waals surface area contributed by atoms with Crippen LogP contribution in [0, 0.1) is 75.8 Å². The normalized spacial score (nSPS) is 15.2. The highest BCUT2D eigenvalue weighted by Gasteiger charge is 2.60. The van der Waals surface area contributed by atoms with E-state index in [2.05, 4.69) is 477 Å². The molecule has 6 aromatic carbocycles. The van der Waals surface area contributed by atoms with Crippen molar-refractivity contribution in [3.8, 4) is 0 Å². The molecule has 0 aliphatic carbocycles. The SMILES string of the molecule is CC(C)(C)C(C)(C)CCCc1cncc2ccccc12.CC(C)(C)C(C)(CCCn1ccnc1)C(C)(C)C(C)(C)c1ccccc1.CC(C)(C)C(C)(CCCn1ccnn1)C(C)(C)C(C)(C)c1ccccc1.CC(C)(C)C(C)(CCCn1cnc2ccccc21)C(C)(C)C(C)(C)c1ccccc1.CC(C)(C)C(C)(CCCn1cncn1)C(C)(C)C(C)(C)c1ccccc1. The summed E-state index contributed by atoms with van der Waals surface area (Å²) in [5.74, 6) is 0. The average Bonchev–Trinajstić information content (AvgIpc) is 0.810. The fourth-order valence-electron chi connectivity index (χ4n) is 21.3. The van der Waals surface area contributed by atoms with Gasteiger partial charge in [0.1, 0.15) is 12.7 Å². The van der Waals surface area contributed by atoms with Gasteiger partial charge in [-0.2, -0.15) is 5.10 Å². The van der Waals surface area contributed by atoms with E-state index < -0.39 is 0 Å². The van der Waals surface area contributed by atoms with Crippen LogP contribution < -0.4 is 0 Å². The minimum absolute atomic E-state index is 0.0536. The second-order valence-electron chi connectivity index (χ2n) is 48.8. The first-order valence-electron chi connectivity index (χ1n) is 48.6. The Morgan fingerprint density at radius 3 is 1.04 bits per heavy atom. The maximum Gasteiger partial charge on any atom is 0.137 e. The van der Waals surface area contributed by atoms with E-state index in [9.17, 15) is 0 Å². The van der Waals surface area contributed by atoms with Gasteiger partial charge in [-0.05, 0) is 213 Å². The first kappa shape index (κ1) is 107. The second-order valence-corrected chi connectivity index (χ2v) is 48.8. The van der Waals surface area contributed by atoms with Gasteiger partial charge in [0.2, 0.25) is 0 Å². The van der Waals surface area contributed by atoms with Crippen molar-refractivity contribution >= 4 is 21.8 Å². The molecule has 0 amide bonds. The Hall–Kier alpha value is -8.31. The third-order valence-electron chi connectivity index (χ3n) is 36.7. The molecule has 0 radical (unpaired) electrons. The van der Waals surface area contributed by atoms with Crippen LogP contribution in [-0.4, -0.2) is 53.8 Å². The summed E-state index contributed by atoms with van der Waals surface area (Å²) >= 11 is 0. The van der Waals surface area contributed by atoms with E-state index in [1.54, 1.807) is 12.5 Å². The molecule has 702 valence electrons. The Labute approximate surface area is 781 Å². The molecule has 0 bridgehead atoms. The van der Waals surface area contributed by atoms with E-state index in [4.69, 9.17) is 0 Å². The van der Waals surface area contributed by atoms with Crippen molar-refractivity contribution in [2.24, 2.45) is 75.8 Å².